The van der Waals surface area contributed by atoms with Crippen LogP contribution in [0, 0.1) is 6.92 Å². The Balaban J connectivity index is 1.47. The summed E-state index contributed by atoms with van der Waals surface area (Å²) in [6.07, 6.45) is 8.79. The van der Waals surface area contributed by atoms with Crippen LogP contribution in [0.15, 0.2) is 35.5 Å². The van der Waals surface area contributed by atoms with Gasteiger partial charge in [-0.05, 0) is 31.4 Å². The van der Waals surface area contributed by atoms with Gasteiger partial charge in [0.05, 0.1) is 28.9 Å². The van der Waals surface area contributed by atoms with Crippen LogP contribution in [-0.4, -0.2) is 47.5 Å². The summed E-state index contributed by atoms with van der Waals surface area (Å²) in [5.41, 5.74) is 4.28. The molecule has 6 heterocycles. The fraction of sp³-hybridized carbons (Fsp3) is 0.316. The van der Waals surface area contributed by atoms with Gasteiger partial charge in [-0.15, -0.1) is 0 Å². The molecule has 0 atom stereocenters. The number of anilines is 2. The van der Waals surface area contributed by atoms with Gasteiger partial charge in [-0.1, -0.05) is 5.16 Å². The van der Waals surface area contributed by atoms with Crippen molar-refractivity contribution in [1.82, 2.24) is 34.3 Å². The van der Waals surface area contributed by atoms with Crippen LogP contribution in [0.5, 0.6) is 0 Å². The average Bonchev–Trinajstić information content (AvgIpc) is 3.44. The number of pyridine rings is 1. The molecule has 0 aliphatic carbocycles. The van der Waals surface area contributed by atoms with Crippen molar-refractivity contribution in [2.75, 3.05) is 18.5 Å². The summed E-state index contributed by atoms with van der Waals surface area (Å²) in [7, 11) is 0. The van der Waals surface area contributed by atoms with E-state index in [0.29, 0.717) is 5.95 Å². The Bertz CT molecular complexity index is 1340. The zero-order valence-corrected chi connectivity index (χ0v) is 15.7. The smallest absolute Gasteiger partial charge is 0.241 e. The Kier molecular flexibility index (Phi) is 3.54. The van der Waals surface area contributed by atoms with Crippen LogP contribution in [0.2, 0.25) is 0 Å². The second kappa shape index (κ2) is 6.24. The van der Waals surface area contributed by atoms with Crippen molar-refractivity contribution in [3.05, 3.63) is 36.5 Å². The number of fused-ring (bicyclic) bond motifs is 4. The molecule has 5 aromatic rings. The average molecular weight is 390 g/mol. The van der Waals surface area contributed by atoms with Gasteiger partial charge in [0, 0.05) is 25.5 Å². The maximum Gasteiger partial charge on any atom is 0.241 e. The first-order chi connectivity index (χ1) is 14.3. The fourth-order valence-corrected chi connectivity index (χ4v) is 3.99. The highest BCUT2D eigenvalue weighted by atomic mass is 16.5. The van der Waals surface area contributed by atoms with Crippen LogP contribution in [0.25, 0.3) is 27.8 Å². The van der Waals surface area contributed by atoms with Crippen LogP contribution in [0.3, 0.4) is 0 Å². The number of nitrogens with one attached hydrogen (secondary N) is 1. The van der Waals surface area contributed by atoms with E-state index in [1.165, 1.54) is 6.33 Å². The van der Waals surface area contributed by atoms with E-state index in [0.717, 1.165) is 65.1 Å². The van der Waals surface area contributed by atoms with E-state index >= 15 is 0 Å². The van der Waals surface area contributed by atoms with Crippen molar-refractivity contribution in [2.24, 2.45) is 0 Å². The van der Waals surface area contributed by atoms with Crippen molar-refractivity contribution >= 4 is 39.4 Å². The molecule has 0 bridgehead atoms. The second-order valence-electron chi connectivity index (χ2n) is 7.25. The van der Waals surface area contributed by atoms with E-state index in [9.17, 15) is 0 Å². The molecular weight excluding hydrogens is 372 g/mol. The lowest BCUT2D eigenvalue weighted by Crippen LogP contribution is -2.19. The summed E-state index contributed by atoms with van der Waals surface area (Å²) in [4.78, 5) is 13.6. The predicted octanol–water partition coefficient (Wildman–Crippen LogP) is 3.02. The fourth-order valence-electron chi connectivity index (χ4n) is 3.99. The minimum Gasteiger partial charge on any atom is -0.381 e. The topological polar surface area (TPSA) is 108 Å². The summed E-state index contributed by atoms with van der Waals surface area (Å²) in [6, 6.07) is 2.23. The molecule has 6 rings (SSSR count). The quantitative estimate of drug-likeness (QED) is 0.501. The molecule has 29 heavy (non-hydrogen) atoms. The van der Waals surface area contributed by atoms with E-state index in [1.807, 2.05) is 25.4 Å². The number of aromatic nitrogens is 7. The first kappa shape index (κ1) is 16.4. The highest BCUT2D eigenvalue weighted by molar-refractivity contribution is 6.04. The normalized spacial score (nSPS) is 15.6. The number of hydrogen-bond acceptors (Lipinski definition) is 8. The molecule has 0 amide bonds. The Morgan fingerprint density at radius 1 is 1.14 bits per heavy atom. The Hall–Kier alpha value is -3.53. The molecule has 0 spiro atoms. The standard InChI is InChI=1S/C19H18N8O2/c1-11-6-16-21-10-22-26(16)9-15(11)24-19-20-7-13-14-8-23-29-18(14)27(17(13)25-19)12-2-4-28-5-3-12/h6-10,12H,2-5H2,1H3,(H,20,24,25). The largest absolute Gasteiger partial charge is 0.381 e. The molecule has 1 fully saturated rings. The molecule has 1 aliphatic heterocycles. The molecule has 146 valence electrons. The SMILES string of the molecule is Cc1cc2ncnn2cc1Nc1ncc2c3cnoc3n(C3CCOCC3)c2n1. The van der Waals surface area contributed by atoms with E-state index in [4.69, 9.17) is 14.2 Å². The van der Waals surface area contributed by atoms with Crippen LogP contribution >= 0.6 is 0 Å². The summed E-state index contributed by atoms with van der Waals surface area (Å²) >= 11 is 0. The highest BCUT2D eigenvalue weighted by Crippen LogP contribution is 2.34. The lowest BCUT2D eigenvalue weighted by Gasteiger charge is -2.23. The van der Waals surface area contributed by atoms with Gasteiger partial charge in [0.25, 0.3) is 0 Å². The third kappa shape index (κ3) is 2.56. The molecule has 1 saturated heterocycles. The number of ether oxygens (including phenoxy) is 1. The van der Waals surface area contributed by atoms with Crippen molar-refractivity contribution in [3.63, 3.8) is 0 Å². The molecule has 10 heteroatoms. The Morgan fingerprint density at radius 3 is 2.93 bits per heavy atom. The first-order valence-electron chi connectivity index (χ1n) is 9.54. The van der Waals surface area contributed by atoms with Crippen LogP contribution in [0.4, 0.5) is 11.6 Å². The molecule has 0 aromatic carbocycles. The minimum absolute atomic E-state index is 0.257. The Labute approximate surface area is 164 Å². The number of rotatable bonds is 3. The van der Waals surface area contributed by atoms with Gasteiger partial charge in [-0.25, -0.2) is 14.5 Å². The van der Waals surface area contributed by atoms with Crippen molar-refractivity contribution in [3.8, 4) is 0 Å². The van der Waals surface area contributed by atoms with E-state index in [2.05, 4.69) is 30.1 Å². The van der Waals surface area contributed by atoms with Crippen LogP contribution in [0.1, 0.15) is 24.4 Å². The zero-order chi connectivity index (χ0) is 19.4. The molecule has 1 N–H and O–H groups in total. The maximum absolute atomic E-state index is 5.57. The van der Waals surface area contributed by atoms with Crippen molar-refractivity contribution in [2.45, 2.75) is 25.8 Å². The van der Waals surface area contributed by atoms with Gasteiger partial charge >= 0.3 is 0 Å². The van der Waals surface area contributed by atoms with E-state index < -0.39 is 0 Å². The molecule has 10 nitrogen and oxygen atoms in total. The first-order valence-corrected chi connectivity index (χ1v) is 9.54. The predicted molar refractivity (Wildman–Crippen MR) is 105 cm³/mol. The number of nitrogens with zero attached hydrogens (tertiary/aromatic N) is 7. The molecular formula is C19H18N8O2. The lowest BCUT2D eigenvalue weighted by atomic mass is 10.1. The molecule has 5 aromatic heterocycles. The van der Waals surface area contributed by atoms with Gasteiger partial charge in [0.1, 0.15) is 12.0 Å². The third-order valence-electron chi connectivity index (χ3n) is 5.48. The van der Waals surface area contributed by atoms with E-state index in [-0.39, 0.29) is 6.04 Å². The zero-order valence-electron chi connectivity index (χ0n) is 15.7. The van der Waals surface area contributed by atoms with Crippen LogP contribution < -0.4 is 5.32 Å². The number of aryl methyl sites for hydroxylation is 1. The number of hydrogen-bond donors (Lipinski definition) is 1. The minimum atomic E-state index is 0.257. The van der Waals surface area contributed by atoms with Crippen molar-refractivity contribution < 1.29 is 9.26 Å². The van der Waals surface area contributed by atoms with Gasteiger partial charge in [0.2, 0.25) is 11.7 Å². The summed E-state index contributed by atoms with van der Waals surface area (Å²) < 4.78 is 15.0. The van der Waals surface area contributed by atoms with Crippen LogP contribution in [-0.2, 0) is 4.74 Å². The molecule has 0 unspecified atom stereocenters. The lowest BCUT2D eigenvalue weighted by molar-refractivity contribution is 0.0707. The second-order valence-corrected chi connectivity index (χ2v) is 7.25. The van der Waals surface area contributed by atoms with Gasteiger partial charge < -0.3 is 14.6 Å². The third-order valence-corrected chi connectivity index (χ3v) is 5.48. The van der Waals surface area contributed by atoms with Gasteiger partial charge in [-0.3, -0.25) is 4.57 Å². The van der Waals surface area contributed by atoms with Gasteiger partial charge in [0.15, 0.2) is 5.65 Å². The monoisotopic (exact) mass is 390 g/mol. The Morgan fingerprint density at radius 2 is 2.03 bits per heavy atom. The summed E-state index contributed by atoms with van der Waals surface area (Å²) in [6.45, 7) is 3.47. The summed E-state index contributed by atoms with van der Waals surface area (Å²) in [5.74, 6) is 0.515. The van der Waals surface area contributed by atoms with Crippen molar-refractivity contribution in [1.29, 1.82) is 0 Å². The molecule has 0 radical (unpaired) electrons. The molecule has 1 aliphatic rings. The highest BCUT2D eigenvalue weighted by Gasteiger charge is 2.25. The van der Waals surface area contributed by atoms with E-state index in [1.54, 1.807) is 10.7 Å². The van der Waals surface area contributed by atoms with Gasteiger partial charge in [-0.2, -0.15) is 10.1 Å². The summed E-state index contributed by atoms with van der Waals surface area (Å²) in [5, 5.41) is 13.4. The molecule has 0 saturated carbocycles. The maximum atomic E-state index is 5.57.